The van der Waals surface area contributed by atoms with E-state index in [1.165, 1.54) is 36.8 Å². The molecule has 1 unspecified atom stereocenters. The first-order valence-corrected chi connectivity index (χ1v) is 7.64. The van der Waals surface area contributed by atoms with E-state index in [2.05, 4.69) is 43.4 Å². The molecule has 0 bridgehead atoms. The Morgan fingerprint density at radius 1 is 1.26 bits per heavy atom. The van der Waals surface area contributed by atoms with E-state index in [1.807, 2.05) is 0 Å². The van der Waals surface area contributed by atoms with Gasteiger partial charge in [-0.1, -0.05) is 49.9 Å². The summed E-state index contributed by atoms with van der Waals surface area (Å²) in [4.78, 5) is 0. The fourth-order valence-corrected chi connectivity index (χ4v) is 3.21. The Morgan fingerprint density at radius 3 is 2.63 bits per heavy atom. The topological polar surface area (TPSA) is 32.3 Å². The molecule has 1 saturated carbocycles. The fourth-order valence-electron chi connectivity index (χ4n) is 3.21. The first kappa shape index (κ1) is 14.5. The van der Waals surface area contributed by atoms with Gasteiger partial charge in [0.25, 0.3) is 0 Å². The number of benzene rings is 1. The summed E-state index contributed by atoms with van der Waals surface area (Å²) in [5, 5.41) is 13.6. The molecule has 0 aromatic heterocycles. The maximum absolute atomic E-state index is 10.1. The quantitative estimate of drug-likeness (QED) is 0.820. The van der Waals surface area contributed by atoms with Gasteiger partial charge in [-0.25, -0.2) is 0 Å². The summed E-state index contributed by atoms with van der Waals surface area (Å²) in [5.74, 6) is 0.755. The molecule has 1 aromatic carbocycles. The lowest BCUT2D eigenvalue weighted by Crippen LogP contribution is -2.30. The molecule has 0 saturated heterocycles. The molecule has 0 spiro atoms. The monoisotopic (exact) mass is 261 g/mol. The Labute approximate surface area is 117 Å². The van der Waals surface area contributed by atoms with Crippen LogP contribution in [0.4, 0.5) is 0 Å². The standard InChI is InChI=1S/C17H27NO/c1-13-7-3-6-10-17(13)14(2)18-12-16(19)11-15-8-4-5-9-15/h3,6-7,10,14-16,18-19H,4-5,8-9,11-12H2,1-2H3/t14-,16?/m1/s1. The second kappa shape index (κ2) is 7.06. The second-order valence-corrected chi connectivity index (χ2v) is 6.03. The summed E-state index contributed by atoms with van der Waals surface area (Å²) in [6.07, 6.45) is 6.09. The third-order valence-electron chi connectivity index (χ3n) is 4.39. The van der Waals surface area contributed by atoms with Crippen molar-refractivity contribution in [1.82, 2.24) is 5.32 Å². The van der Waals surface area contributed by atoms with Crippen LogP contribution in [-0.4, -0.2) is 17.8 Å². The first-order valence-electron chi connectivity index (χ1n) is 7.64. The molecule has 106 valence electrons. The van der Waals surface area contributed by atoms with Crippen molar-refractivity contribution in [3.63, 3.8) is 0 Å². The summed E-state index contributed by atoms with van der Waals surface area (Å²) in [7, 11) is 0. The molecule has 1 aliphatic carbocycles. The average Bonchev–Trinajstić information content (AvgIpc) is 2.89. The number of rotatable bonds is 6. The van der Waals surface area contributed by atoms with Crippen molar-refractivity contribution < 1.29 is 5.11 Å². The zero-order valence-corrected chi connectivity index (χ0v) is 12.2. The van der Waals surface area contributed by atoms with E-state index in [0.717, 1.165) is 12.3 Å². The van der Waals surface area contributed by atoms with Gasteiger partial charge in [0, 0.05) is 12.6 Å². The molecular formula is C17H27NO. The van der Waals surface area contributed by atoms with Gasteiger partial charge < -0.3 is 10.4 Å². The molecule has 1 aromatic rings. The summed E-state index contributed by atoms with van der Waals surface area (Å²) in [6, 6.07) is 8.76. The zero-order chi connectivity index (χ0) is 13.7. The molecule has 0 amide bonds. The van der Waals surface area contributed by atoms with Gasteiger partial charge in [-0.05, 0) is 37.3 Å². The minimum Gasteiger partial charge on any atom is -0.392 e. The van der Waals surface area contributed by atoms with Crippen LogP contribution in [0.1, 0.15) is 56.2 Å². The van der Waals surface area contributed by atoms with Crippen LogP contribution in [0.15, 0.2) is 24.3 Å². The first-order chi connectivity index (χ1) is 9.16. The van der Waals surface area contributed by atoms with E-state index in [9.17, 15) is 5.11 Å². The normalized spacial score (nSPS) is 19.5. The minimum atomic E-state index is -0.199. The number of hydrogen-bond donors (Lipinski definition) is 2. The Kier molecular flexibility index (Phi) is 5.41. The van der Waals surface area contributed by atoms with Crippen molar-refractivity contribution in [2.24, 2.45) is 5.92 Å². The lowest BCUT2D eigenvalue weighted by molar-refractivity contribution is 0.137. The zero-order valence-electron chi connectivity index (χ0n) is 12.2. The lowest BCUT2D eigenvalue weighted by atomic mass is 9.99. The van der Waals surface area contributed by atoms with Crippen LogP contribution in [-0.2, 0) is 0 Å². The Bertz CT molecular complexity index is 385. The van der Waals surface area contributed by atoms with Gasteiger partial charge in [-0.2, -0.15) is 0 Å². The van der Waals surface area contributed by atoms with Crippen molar-refractivity contribution in [3.05, 3.63) is 35.4 Å². The van der Waals surface area contributed by atoms with Crippen LogP contribution in [0, 0.1) is 12.8 Å². The van der Waals surface area contributed by atoms with E-state index >= 15 is 0 Å². The summed E-state index contributed by atoms with van der Waals surface area (Å²) < 4.78 is 0. The maximum Gasteiger partial charge on any atom is 0.0667 e. The molecule has 2 N–H and O–H groups in total. The molecule has 2 nitrogen and oxygen atoms in total. The number of nitrogens with one attached hydrogen (secondary N) is 1. The number of hydrogen-bond acceptors (Lipinski definition) is 2. The van der Waals surface area contributed by atoms with Gasteiger partial charge in [0.15, 0.2) is 0 Å². The molecule has 0 radical (unpaired) electrons. The lowest BCUT2D eigenvalue weighted by Gasteiger charge is -2.20. The highest BCUT2D eigenvalue weighted by atomic mass is 16.3. The van der Waals surface area contributed by atoms with Crippen molar-refractivity contribution >= 4 is 0 Å². The summed E-state index contributed by atoms with van der Waals surface area (Å²) in [5.41, 5.74) is 2.64. The van der Waals surface area contributed by atoms with Gasteiger partial charge in [0.2, 0.25) is 0 Å². The second-order valence-electron chi connectivity index (χ2n) is 6.03. The molecular weight excluding hydrogens is 234 g/mol. The van der Waals surface area contributed by atoms with E-state index in [0.29, 0.717) is 12.6 Å². The Morgan fingerprint density at radius 2 is 1.95 bits per heavy atom. The SMILES string of the molecule is Cc1ccccc1[C@@H](C)NCC(O)CC1CCCC1. The van der Waals surface area contributed by atoms with Crippen molar-refractivity contribution in [2.75, 3.05) is 6.54 Å². The van der Waals surface area contributed by atoms with Crippen LogP contribution in [0.5, 0.6) is 0 Å². The van der Waals surface area contributed by atoms with Crippen LogP contribution in [0.2, 0.25) is 0 Å². The Balaban J connectivity index is 1.76. The van der Waals surface area contributed by atoms with Gasteiger partial charge in [-0.15, -0.1) is 0 Å². The largest absolute Gasteiger partial charge is 0.392 e. The highest BCUT2D eigenvalue weighted by Crippen LogP contribution is 2.28. The predicted octanol–water partition coefficient (Wildman–Crippen LogP) is 3.59. The Hall–Kier alpha value is -0.860. The van der Waals surface area contributed by atoms with E-state index in [4.69, 9.17) is 0 Å². The molecule has 0 aliphatic heterocycles. The maximum atomic E-state index is 10.1. The molecule has 1 fully saturated rings. The van der Waals surface area contributed by atoms with Crippen molar-refractivity contribution in [2.45, 2.75) is 58.1 Å². The van der Waals surface area contributed by atoms with Crippen molar-refractivity contribution in [1.29, 1.82) is 0 Å². The number of aryl methyl sites for hydroxylation is 1. The van der Waals surface area contributed by atoms with E-state index < -0.39 is 0 Å². The highest BCUT2D eigenvalue weighted by molar-refractivity contribution is 5.28. The number of aliphatic hydroxyl groups is 1. The van der Waals surface area contributed by atoms with Gasteiger partial charge in [0.1, 0.15) is 0 Å². The van der Waals surface area contributed by atoms with Crippen LogP contribution >= 0.6 is 0 Å². The smallest absolute Gasteiger partial charge is 0.0667 e. The average molecular weight is 261 g/mol. The van der Waals surface area contributed by atoms with Crippen LogP contribution < -0.4 is 5.32 Å². The van der Waals surface area contributed by atoms with Gasteiger partial charge >= 0.3 is 0 Å². The third kappa shape index (κ3) is 4.32. The van der Waals surface area contributed by atoms with E-state index in [1.54, 1.807) is 0 Å². The predicted molar refractivity (Wildman–Crippen MR) is 80.2 cm³/mol. The highest BCUT2D eigenvalue weighted by Gasteiger charge is 2.19. The molecule has 2 heteroatoms. The molecule has 1 aliphatic rings. The summed E-state index contributed by atoms with van der Waals surface area (Å²) in [6.45, 7) is 5.01. The van der Waals surface area contributed by atoms with Gasteiger partial charge in [-0.3, -0.25) is 0 Å². The minimum absolute atomic E-state index is 0.199. The number of aliphatic hydroxyl groups excluding tert-OH is 1. The molecule has 2 atom stereocenters. The summed E-state index contributed by atoms with van der Waals surface area (Å²) >= 11 is 0. The van der Waals surface area contributed by atoms with Crippen LogP contribution in [0.3, 0.4) is 0 Å². The van der Waals surface area contributed by atoms with Crippen LogP contribution in [0.25, 0.3) is 0 Å². The molecule has 19 heavy (non-hydrogen) atoms. The molecule has 0 heterocycles. The van der Waals surface area contributed by atoms with Gasteiger partial charge in [0.05, 0.1) is 6.10 Å². The fraction of sp³-hybridized carbons (Fsp3) is 0.647. The van der Waals surface area contributed by atoms with Crippen molar-refractivity contribution in [3.8, 4) is 0 Å². The van der Waals surface area contributed by atoms with E-state index in [-0.39, 0.29) is 6.10 Å². The molecule has 2 rings (SSSR count). The third-order valence-corrected chi connectivity index (χ3v) is 4.39.